The van der Waals surface area contributed by atoms with Crippen LogP contribution in [0, 0.1) is 6.92 Å². The molecule has 2 aromatic rings. The fourth-order valence-corrected chi connectivity index (χ4v) is 3.13. The molecule has 24 heavy (non-hydrogen) atoms. The monoisotopic (exact) mass is 329 g/mol. The Morgan fingerprint density at radius 3 is 2.67 bits per heavy atom. The van der Waals surface area contributed by atoms with Crippen molar-refractivity contribution in [3.63, 3.8) is 0 Å². The summed E-state index contributed by atoms with van der Waals surface area (Å²) in [5, 5.41) is 7.98. The van der Waals surface area contributed by atoms with Crippen LogP contribution in [0.15, 0.2) is 18.5 Å². The number of nitrogens with zero attached hydrogens (tertiary/aromatic N) is 6. The first-order valence-corrected chi connectivity index (χ1v) is 8.49. The molecule has 1 saturated heterocycles. The highest BCUT2D eigenvalue weighted by Crippen LogP contribution is 2.18. The van der Waals surface area contributed by atoms with Crippen LogP contribution in [0.1, 0.15) is 24.1 Å². The summed E-state index contributed by atoms with van der Waals surface area (Å²) in [6.07, 6.45) is 6.19. The van der Waals surface area contributed by atoms with E-state index in [1.54, 1.807) is 0 Å². The van der Waals surface area contributed by atoms with Crippen LogP contribution in [0.4, 0.5) is 11.8 Å². The van der Waals surface area contributed by atoms with E-state index in [0.717, 1.165) is 49.9 Å². The highest BCUT2D eigenvalue weighted by molar-refractivity contribution is 5.41. The molecule has 3 rings (SSSR count). The van der Waals surface area contributed by atoms with Crippen LogP contribution in [-0.2, 0) is 13.6 Å². The van der Waals surface area contributed by atoms with E-state index >= 15 is 0 Å². The molecule has 7 heteroatoms. The van der Waals surface area contributed by atoms with Gasteiger partial charge in [0.15, 0.2) is 0 Å². The molecule has 0 unspecified atom stereocenters. The van der Waals surface area contributed by atoms with Gasteiger partial charge in [0.05, 0.1) is 5.69 Å². The van der Waals surface area contributed by atoms with Gasteiger partial charge in [-0.25, -0.2) is 4.98 Å². The molecule has 0 atom stereocenters. The minimum Gasteiger partial charge on any atom is -0.367 e. The van der Waals surface area contributed by atoms with E-state index in [4.69, 9.17) is 0 Å². The lowest BCUT2D eigenvalue weighted by atomic mass is 10.0. The van der Waals surface area contributed by atoms with Gasteiger partial charge in [0, 0.05) is 64.8 Å². The van der Waals surface area contributed by atoms with Crippen LogP contribution in [0.25, 0.3) is 0 Å². The summed E-state index contributed by atoms with van der Waals surface area (Å²) in [5.41, 5.74) is 2.46. The van der Waals surface area contributed by atoms with Gasteiger partial charge in [-0.3, -0.25) is 9.58 Å². The van der Waals surface area contributed by atoms with Crippen molar-refractivity contribution in [3.8, 4) is 0 Å². The summed E-state index contributed by atoms with van der Waals surface area (Å²) in [5.74, 6) is 1.65. The molecule has 1 aliphatic heterocycles. The van der Waals surface area contributed by atoms with Gasteiger partial charge in [0.25, 0.3) is 0 Å². The van der Waals surface area contributed by atoms with Gasteiger partial charge in [-0.15, -0.1) is 0 Å². The Kier molecular flexibility index (Phi) is 4.99. The maximum absolute atomic E-state index is 4.55. The molecule has 2 aromatic heterocycles. The zero-order chi connectivity index (χ0) is 17.1. The second kappa shape index (κ2) is 7.17. The maximum Gasteiger partial charge on any atom is 0.226 e. The molecular weight excluding hydrogens is 302 g/mol. The minimum atomic E-state index is 0.473. The third-order valence-corrected chi connectivity index (χ3v) is 4.49. The normalized spacial score (nSPS) is 16.3. The lowest BCUT2D eigenvalue weighted by molar-refractivity contribution is 0.211. The average Bonchev–Trinajstić information content (AvgIpc) is 2.87. The molecule has 7 nitrogen and oxygen atoms in total. The highest BCUT2D eigenvalue weighted by Gasteiger charge is 2.20. The second-order valence-corrected chi connectivity index (χ2v) is 6.74. The number of hydrogen-bond donors (Lipinski definition) is 1. The van der Waals surface area contributed by atoms with Crippen LogP contribution >= 0.6 is 0 Å². The molecule has 1 fully saturated rings. The number of hydrogen-bond acceptors (Lipinski definition) is 6. The zero-order valence-corrected chi connectivity index (χ0v) is 15.0. The lowest BCUT2D eigenvalue weighted by Crippen LogP contribution is -2.38. The van der Waals surface area contributed by atoms with Gasteiger partial charge in [0.2, 0.25) is 5.95 Å². The SMILES string of the molecule is Cc1nn(C)cc1CN1CCC(Nc2ccnc(N(C)C)n2)CC1. The second-order valence-electron chi connectivity index (χ2n) is 6.74. The Labute approximate surface area is 143 Å². The molecular formula is C17H27N7. The lowest BCUT2D eigenvalue weighted by Gasteiger charge is -2.32. The van der Waals surface area contributed by atoms with Crippen molar-refractivity contribution in [2.45, 2.75) is 32.4 Å². The minimum absolute atomic E-state index is 0.473. The summed E-state index contributed by atoms with van der Waals surface area (Å²) in [6.45, 7) is 5.26. The molecule has 1 N–H and O–H groups in total. The number of nitrogens with one attached hydrogen (secondary N) is 1. The summed E-state index contributed by atoms with van der Waals surface area (Å²) in [6, 6.07) is 2.42. The van der Waals surface area contributed by atoms with E-state index in [0.29, 0.717) is 6.04 Å². The Hall–Kier alpha value is -2.15. The summed E-state index contributed by atoms with van der Waals surface area (Å²) >= 11 is 0. The van der Waals surface area contributed by atoms with Gasteiger partial charge in [-0.05, 0) is 25.8 Å². The fourth-order valence-electron chi connectivity index (χ4n) is 3.13. The van der Waals surface area contributed by atoms with Crippen LogP contribution in [0.2, 0.25) is 0 Å². The first-order chi connectivity index (χ1) is 11.5. The van der Waals surface area contributed by atoms with Gasteiger partial charge in [-0.2, -0.15) is 10.1 Å². The van der Waals surface area contributed by atoms with Crippen molar-refractivity contribution in [3.05, 3.63) is 29.7 Å². The van der Waals surface area contributed by atoms with E-state index in [9.17, 15) is 0 Å². The highest BCUT2D eigenvalue weighted by atomic mass is 15.3. The van der Waals surface area contributed by atoms with E-state index < -0.39 is 0 Å². The molecule has 0 radical (unpaired) electrons. The predicted octanol–water partition coefficient (Wildman–Crippen LogP) is 1.66. The summed E-state index contributed by atoms with van der Waals surface area (Å²) < 4.78 is 1.90. The van der Waals surface area contributed by atoms with Crippen molar-refractivity contribution in [2.24, 2.45) is 7.05 Å². The molecule has 0 spiro atoms. The Balaban J connectivity index is 1.52. The van der Waals surface area contributed by atoms with Crippen LogP contribution in [0.5, 0.6) is 0 Å². The fraction of sp³-hybridized carbons (Fsp3) is 0.588. The number of likely N-dealkylation sites (tertiary alicyclic amines) is 1. The number of rotatable bonds is 5. The maximum atomic E-state index is 4.55. The molecule has 1 aliphatic rings. The molecule has 3 heterocycles. The smallest absolute Gasteiger partial charge is 0.226 e. The topological polar surface area (TPSA) is 62.1 Å². The molecule has 130 valence electrons. The number of aryl methyl sites for hydroxylation is 2. The van der Waals surface area contributed by atoms with E-state index in [-0.39, 0.29) is 0 Å². The molecule has 0 aromatic carbocycles. The number of piperidine rings is 1. The van der Waals surface area contributed by atoms with Gasteiger partial charge in [0.1, 0.15) is 5.82 Å². The largest absolute Gasteiger partial charge is 0.367 e. The van der Waals surface area contributed by atoms with Crippen LogP contribution in [0.3, 0.4) is 0 Å². The quantitative estimate of drug-likeness (QED) is 0.900. The van der Waals surface area contributed by atoms with Crippen molar-refractivity contribution < 1.29 is 0 Å². The van der Waals surface area contributed by atoms with E-state index in [1.807, 2.05) is 43.0 Å². The first kappa shape index (κ1) is 16.7. The van der Waals surface area contributed by atoms with Gasteiger partial charge < -0.3 is 10.2 Å². The summed E-state index contributed by atoms with van der Waals surface area (Å²) in [7, 11) is 5.90. The van der Waals surface area contributed by atoms with Crippen LogP contribution in [-0.4, -0.2) is 57.9 Å². The average molecular weight is 329 g/mol. The zero-order valence-electron chi connectivity index (χ0n) is 15.0. The van der Waals surface area contributed by atoms with Gasteiger partial charge in [-0.1, -0.05) is 0 Å². The standard InChI is InChI=1S/C17H27N7/c1-13-14(11-23(4)21-13)12-24-9-6-15(7-10-24)19-16-5-8-18-17(20-16)22(2)3/h5,8,11,15H,6-7,9-10,12H2,1-4H3,(H,18,19,20). The Morgan fingerprint density at radius 2 is 2.04 bits per heavy atom. The molecule has 0 aliphatic carbocycles. The Morgan fingerprint density at radius 1 is 1.29 bits per heavy atom. The molecule has 0 amide bonds. The van der Waals surface area contributed by atoms with E-state index in [2.05, 4.69) is 38.4 Å². The number of aromatic nitrogens is 4. The van der Waals surface area contributed by atoms with Crippen molar-refractivity contribution in [1.82, 2.24) is 24.6 Å². The molecule has 0 saturated carbocycles. The first-order valence-electron chi connectivity index (χ1n) is 8.49. The predicted molar refractivity (Wildman–Crippen MR) is 96.2 cm³/mol. The van der Waals surface area contributed by atoms with Crippen LogP contribution < -0.4 is 10.2 Å². The van der Waals surface area contributed by atoms with Gasteiger partial charge >= 0.3 is 0 Å². The van der Waals surface area contributed by atoms with Crippen molar-refractivity contribution >= 4 is 11.8 Å². The Bertz CT molecular complexity index is 671. The summed E-state index contributed by atoms with van der Waals surface area (Å²) in [4.78, 5) is 13.2. The third kappa shape index (κ3) is 4.03. The third-order valence-electron chi connectivity index (χ3n) is 4.49. The van der Waals surface area contributed by atoms with Crippen molar-refractivity contribution in [2.75, 3.05) is 37.4 Å². The molecule has 0 bridgehead atoms. The van der Waals surface area contributed by atoms with E-state index in [1.165, 1.54) is 5.56 Å². The van der Waals surface area contributed by atoms with Crippen molar-refractivity contribution in [1.29, 1.82) is 0 Å². The number of anilines is 2.